The van der Waals surface area contributed by atoms with E-state index in [0.29, 0.717) is 19.0 Å². The van der Waals surface area contributed by atoms with Gasteiger partial charge in [0.15, 0.2) is 0 Å². The Morgan fingerprint density at radius 2 is 2.21 bits per heavy atom. The quantitative estimate of drug-likeness (QED) is 0.608. The number of carbonyl (C=O) groups is 1. The van der Waals surface area contributed by atoms with E-state index in [0.717, 1.165) is 25.0 Å². The maximum atomic E-state index is 13.2. The Balaban J connectivity index is 2.21. The number of benzene rings is 1. The molecule has 1 fully saturated rings. The van der Waals surface area contributed by atoms with Crippen LogP contribution in [0.4, 0.5) is 10.1 Å². The molecular formula is C13H15FN2O3. The topological polar surface area (TPSA) is 63.5 Å². The van der Waals surface area contributed by atoms with Crippen molar-refractivity contribution in [3.63, 3.8) is 0 Å². The van der Waals surface area contributed by atoms with Crippen LogP contribution in [-0.4, -0.2) is 28.8 Å². The van der Waals surface area contributed by atoms with Crippen molar-refractivity contribution in [2.45, 2.75) is 19.8 Å². The molecule has 2 rings (SSSR count). The molecule has 0 aromatic heterocycles. The summed E-state index contributed by atoms with van der Waals surface area (Å²) in [6.45, 7) is 3.07. The van der Waals surface area contributed by atoms with Gasteiger partial charge in [0.2, 0.25) is 5.82 Å². The van der Waals surface area contributed by atoms with Crippen molar-refractivity contribution in [2.75, 3.05) is 13.1 Å². The van der Waals surface area contributed by atoms with E-state index in [-0.39, 0.29) is 11.5 Å². The van der Waals surface area contributed by atoms with Gasteiger partial charge in [0, 0.05) is 24.7 Å². The predicted octanol–water partition coefficient (Wildman–Crippen LogP) is 2.61. The molecule has 19 heavy (non-hydrogen) atoms. The first kappa shape index (κ1) is 13.5. The maximum absolute atomic E-state index is 13.2. The summed E-state index contributed by atoms with van der Waals surface area (Å²) in [6, 6.07) is 3.27. The standard InChI is InChI=1S/C13H15FN2O3/c1-2-15(8-9-3-4-9)13(17)10-5-6-11(14)12(7-10)16(18)19/h5-7,9H,2-4,8H2,1H3. The molecule has 0 radical (unpaired) electrons. The molecule has 0 saturated heterocycles. The summed E-state index contributed by atoms with van der Waals surface area (Å²) < 4.78 is 13.2. The number of rotatable bonds is 5. The molecule has 1 aliphatic carbocycles. The molecule has 1 aromatic carbocycles. The maximum Gasteiger partial charge on any atom is 0.305 e. The minimum atomic E-state index is -0.924. The summed E-state index contributed by atoms with van der Waals surface area (Å²) >= 11 is 0. The number of nitro groups is 1. The highest BCUT2D eigenvalue weighted by atomic mass is 19.1. The summed E-state index contributed by atoms with van der Waals surface area (Å²) in [6.07, 6.45) is 2.24. The zero-order valence-electron chi connectivity index (χ0n) is 10.6. The van der Waals surface area contributed by atoms with E-state index in [1.165, 1.54) is 6.07 Å². The summed E-state index contributed by atoms with van der Waals surface area (Å²) in [7, 11) is 0. The Hall–Kier alpha value is -1.98. The average molecular weight is 266 g/mol. The van der Waals surface area contributed by atoms with Gasteiger partial charge in [0.05, 0.1) is 4.92 Å². The number of amides is 1. The first-order valence-corrected chi connectivity index (χ1v) is 6.26. The van der Waals surface area contributed by atoms with Gasteiger partial charge < -0.3 is 4.90 Å². The van der Waals surface area contributed by atoms with Crippen LogP contribution in [-0.2, 0) is 0 Å². The Labute approximate surface area is 110 Å². The minimum Gasteiger partial charge on any atom is -0.339 e. The van der Waals surface area contributed by atoms with Gasteiger partial charge in [0.1, 0.15) is 0 Å². The van der Waals surface area contributed by atoms with Crippen LogP contribution >= 0.6 is 0 Å². The summed E-state index contributed by atoms with van der Waals surface area (Å²) in [5, 5.41) is 10.7. The summed E-state index contributed by atoms with van der Waals surface area (Å²) in [4.78, 5) is 23.7. The van der Waals surface area contributed by atoms with E-state index >= 15 is 0 Å². The van der Waals surface area contributed by atoms with Gasteiger partial charge in [-0.3, -0.25) is 14.9 Å². The van der Waals surface area contributed by atoms with Gasteiger partial charge in [-0.1, -0.05) is 0 Å². The SMILES string of the molecule is CCN(CC1CC1)C(=O)c1ccc(F)c([N+](=O)[O-])c1. The second kappa shape index (κ2) is 5.34. The Morgan fingerprint density at radius 3 is 2.74 bits per heavy atom. The predicted molar refractivity (Wildman–Crippen MR) is 67.4 cm³/mol. The van der Waals surface area contributed by atoms with Crippen molar-refractivity contribution in [3.8, 4) is 0 Å². The molecular weight excluding hydrogens is 251 g/mol. The fourth-order valence-corrected chi connectivity index (χ4v) is 1.94. The van der Waals surface area contributed by atoms with Crippen molar-refractivity contribution in [1.82, 2.24) is 4.90 Å². The number of halogens is 1. The smallest absolute Gasteiger partial charge is 0.305 e. The van der Waals surface area contributed by atoms with Crippen molar-refractivity contribution in [1.29, 1.82) is 0 Å². The van der Waals surface area contributed by atoms with Crippen molar-refractivity contribution in [3.05, 3.63) is 39.7 Å². The van der Waals surface area contributed by atoms with Crippen LogP contribution in [0.5, 0.6) is 0 Å². The molecule has 1 saturated carbocycles. The summed E-state index contributed by atoms with van der Waals surface area (Å²) in [5.41, 5.74) is -0.496. The number of hydrogen-bond acceptors (Lipinski definition) is 3. The molecule has 0 unspecified atom stereocenters. The Bertz CT molecular complexity index is 515. The lowest BCUT2D eigenvalue weighted by Gasteiger charge is -2.20. The zero-order chi connectivity index (χ0) is 14.0. The van der Waals surface area contributed by atoms with Crippen LogP contribution in [0.3, 0.4) is 0 Å². The van der Waals surface area contributed by atoms with Crippen LogP contribution in [0.15, 0.2) is 18.2 Å². The molecule has 0 spiro atoms. The van der Waals surface area contributed by atoms with Crippen LogP contribution in [0.25, 0.3) is 0 Å². The molecule has 6 heteroatoms. The third kappa shape index (κ3) is 3.07. The van der Waals surface area contributed by atoms with Gasteiger partial charge in [-0.25, -0.2) is 0 Å². The third-order valence-electron chi connectivity index (χ3n) is 3.23. The van der Waals surface area contributed by atoms with E-state index in [4.69, 9.17) is 0 Å². The molecule has 1 aromatic rings. The Morgan fingerprint density at radius 1 is 1.53 bits per heavy atom. The van der Waals surface area contributed by atoms with Gasteiger partial charge >= 0.3 is 5.69 Å². The molecule has 1 amide bonds. The largest absolute Gasteiger partial charge is 0.339 e. The molecule has 102 valence electrons. The van der Waals surface area contributed by atoms with Crippen LogP contribution in [0.1, 0.15) is 30.1 Å². The number of nitrogens with zero attached hydrogens (tertiary/aromatic N) is 2. The average Bonchev–Trinajstić information content (AvgIpc) is 3.19. The lowest BCUT2D eigenvalue weighted by atomic mass is 10.1. The molecule has 0 aliphatic heterocycles. The minimum absolute atomic E-state index is 0.163. The van der Waals surface area contributed by atoms with E-state index in [1.54, 1.807) is 4.90 Å². The zero-order valence-corrected chi connectivity index (χ0v) is 10.6. The fourth-order valence-electron chi connectivity index (χ4n) is 1.94. The molecule has 5 nitrogen and oxygen atoms in total. The molecule has 0 heterocycles. The fraction of sp³-hybridized carbons (Fsp3) is 0.462. The van der Waals surface area contributed by atoms with E-state index in [2.05, 4.69) is 0 Å². The molecule has 1 aliphatic rings. The van der Waals surface area contributed by atoms with E-state index < -0.39 is 16.4 Å². The van der Waals surface area contributed by atoms with Crippen molar-refractivity contribution in [2.24, 2.45) is 5.92 Å². The molecule has 0 bridgehead atoms. The van der Waals surface area contributed by atoms with Gasteiger partial charge in [-0.2, -0.15) is 4.39 Å². The van der Waals surface area contributed by atoms with Crippen LogP contribution in [0.2, 0.25) is 0 Å². The number of nitro benzene ring substituents is 1. The highest BCUT2D eigenvalue weighted by Crippen LogP contribution is 2.30. The highest BCUT2D eigenvalue weighted by molar-refractivity contribution is 5.94. The first-order chi connectivity index (χ1) is 9.02. The molecule has 0 atom stereocenters. The van der Waals surface area contributed by atoms with Crippen LogP contribution < -0.4 is 0 Å². The normalized spacial score (nSPS) is 14.2. The summed E-state index contributed by atoms with van der Waals surface area (Å²) in [5.74, 6) is -0.663. The lowest BCUT2D eigenvalue weighted by molar-refractivity contribution is -0.387. The highest BCUT2D eigenvalue weighted by Gasteiger charge is 2.27. The van der Waals surface area contributed by atoms with E-state index in [9.17, 15) is 19.3 Å². The van der Waals surface area contributed by atoms with Gasteiger partial charge in [-0.15, -0.1) is 0 Å². The van der Waals surface area contributed by atoms with Crippen molar-refractivity contribution >= 4 is 11.6 Å². The number of carbonyl (C=O) groups excluding carboxylic acids is 1. The Kier molecular flexibility index (Phi) is 3.78. The monoisotopic (exact) mass is 266 g/mol. The van der Waals surface area contributed by atoms with Crippen LogP contribution in [0, 0.1) is 21.8 Å². The second-order valence-electron chi connectivity index (χ2n) is 4.71. The molecule has 0 N–H and O–H groups in total. The lowest BCUT2D eigenvalue weighted by Crippen LogP contribution is -2.32. The van der Waals surface area contributed by atoms with Gasteiger partial charge in [-0.05, 0) is 37.8 Å². The second-order valence-corrected chi connectivity index (χ2v) is 4.71. The third-order valence-corrected chi connectivity index (χ3v) is 3.23. The van der Waals surface area contributed by atoms with Gasteiger partial charge in [0.25, 0.3) is 5.91 Å². The first-order valence-electron chi connectivity index (χ1n) is 6.26. The van der Waals surface area contributed by atoms with E-state index in [1.807, 2.05) is 6.92 Å². The number of hydrogen-bond donors (Lipinski definition) is 0. The van der Waals surface area contributed by atoms with Crippen molar-refractivity contribution < 1.29 is 14.1 Å².